The van der Waals surface area contributed by atoms with Gasteiger partial charge in [0.2, 0.25) is 10.0 Å². The molecule has 0 atom stereocenters. The quantitative estimate of drug-likeness (QED) is 0.780. The first kappa shape index (κ1) is 15.7. The molecule has 6 nitrogen and oxygen atoms in total. The number of nitrogens with two attached hydrogens (primary N) is 1. The molecule has 0 aliphatic carbocycles. The van der Waals surface area contributed by atoms with E-state index in [2.05, 4.69) is 0 Å². The molecule has 0 radical (unpaired) electrons. The average molecular weight is 292 g/mol. The molecule has 0 bridgehead atoms. The Balaban J connectivity index is 3.15. The predicted octanol–water partition coefficient (Wildman–Crippen LogP) is 0.683. The van der Waals surface area contributed by atoms with Crippen molar-refractivity contribution in [3.05, 3.63) is 17.9 Å². The van der Waals surface area contributed by atoms with Gasteiger partial charge in [-0.25, -0.2) is 12.8 Å². The van der Waals surface area contributed by atoms with E-state index < -0.39 is 15.8 Å². The van der Waals surface area contributed by atoms with Crippen molar-refractivity contribution >= 4 is 15.7 Å². The maximum atomic E-state index is 13.6. The van der Waals surface area contributed by atoms with Gasteiger partial charge in [-0.05, 0) is 12.1 Å². The Kier molecular flexibility index (Phi) is 5.10. The van der Waals surface area contributed by atoms with Crippen molar-refractivity contribution in [1.29, 1.82) is 0 Å². The Morgan fingerprint density at radius 2 is 2.00 bits per heavy atom. The van der Waals surface area contributed by atoms with Gasteiger partial charge < -0.3 is 15.2 Å². The van der Waals surface area contributed by atoms with Gasteiger partial charge in [-0.15, -0.1) is 0 Å². The zero-order valence-corrected chi connectivity index (χ0v) is 11.8. The van der Waals surface area contributed by atoms with Crippen molar-refractivity contribution in [1.82, 2.24) is 4.31 Å². The summed E-state index contributed by atoms with van der Waals surface area (Å²) >= 11 is 0. The van der Waals surface area contributed by atoms with E-state index in [1.165, 1.54) is 27.3 Å². The minimum absolute atomic E-state index is 0.0683. The van der Waals surface area contributed by atoms with Crippen LogP contribution in [0.3, 0.4) is 0 Å². The second kappa shape index (κ2) is 6.18. The van der Waals surface area contributed by atoms with Gasteiger partial charge in [0.05, 0.1) is 24.3 Å². The number of rotatable bonds is 6. The third-order valence-corrected chi connectivity index (χ3v) is 4.40. The van der Waals surface area contributed by atoms with Crippen molar-refractivity contribution in [2.24, 2.45) is 0 Å². The first-order chi connectivity index (χ1) is 8.84. The van der Waals surface area contributed by atoms with Crippen LogP contribution < -0.4 is 10.5 Å². The molecule has 0 saturated carbocycles. The smallest absolute Gasteiger partial charge is 0.243 e. The van der Waals surface area contributed by atoms with Gasteiger partial charge in [-0.3, -0.25) is 0 Å². The third-order valence-electron chi connectivity index (χ3n) is 2.57. The van der Waals surface area contributed by atoms with Gasteiger partial charge in [-0.1, -0.05) is 0 Å². The summed E-state index contributed by atoms with van der Waals surface area (Å²) in [6.07, 6.45) is 0. The first-order valence-corrected chi connectivity index (χ1v) is 6.87. The molecule has 8 heteroatoms. The Morgan fingerprint density at radius 3 is 2.47 bits per heavy atom. The third kappa shape index (κ3) is 3.34. The lowest BCUT2D eigenvalue weighted by Crippen LogP contribution is -2.30. The summed E-state index contributed by atoms with van der Waals surface area (Å²) in [5.74, 6) is -0.986. The molecule has 0 saturated heterocycles. The summed E-state index contributed by atoms with van der Waals surface area (Å²) in [5.41, 5.74) is 5.49. The molecular formula is C11H17FN2O4S. The molecule has 1 aromatic rings. The zero-order valence-electron chi connectivity index (χ0n) is 11.0. The van der Waals surface area contributed by atoms with Gasteiger partial charge in [0.1, 0.15) is 0 Å². The number of nitrogens with zero attached hydrogens (tertiary/aromatic N) is 1. The van der Waals surface area contributed by atoms with Crippen LogP contribution in [-0.2, 0) is 14.8 Å². The predicted molar refractivity (Wildman–Crippen MR) is 69.1 cm³/mol. The standard InChI is InChI=1S/C11H17FN2O4S/c1-14(4-5-17-2)19(15,16)8-6-9(12)11(18-3)10(13)7-8/h6-7H,4-5,13H2,1-3H3. The molecule has 0 unspecified atom stereocenters. The van der Waals surface area contributed by atoms with Gasteiger partial charge >= 0.3 is 0 Å². The molecule has 2 N–H and O–H groups in total. The van der Waals surface area contributed by atoms with E-state index in [0.29, 0.717) is 0 Å². The summed E-state index contributed by atoms with van der Waals surface area (Å²) in [6, 6.07) is 2.05. The highest BCUT2D eigenvalue weighted by Gasteiger charge is 2.23. The monoisotopic (exact) mass is 292 g/mol. The fourth-order valence-corrected chi connectivity index (χ4v) is 2.68. The highest BCUT2D eigenvalue weighted by molar-refractivity contribution is 7.89. The first-order valence-electron chi connectivity index (χ1n) is 5.43. The molecule has 1 rings (SSSR count). The molecule has 0 heterocycles. The number of likely N-dealkylation sites (N-methyl/N-ethyl adjacent to an activating group) is 1. The van der Waals surface area contributed by atoms with Crippen LogP contribution in [0.25, 0.3) is 0 Å². The van der Waals surface area contributed by atoms with Gasteiger partial charge in [0.15, 0.2) is 11.6 Å². The summed E-state index contributed by atoms with van der Waals surface area (Å²) in [4.78, 5) is -0.220. The van der Waals surface area contributed by atoms with Crippen LogP contribution in [0.4, 0.5) is 10.1 Å². The number of methoxy groups -OCH3 is 2. The number of benzene rings is 1. The van der Waals surface area contributed by atoms with E-state index in [9.17, 15) is 12.8 Å². The Labute approximate surface area is 112 Å². The number of hydrogen-bond donors (Lipinski definition) is 1. The van der Waals surface area contributed by atoms with E-state index in [1.807, 2.05) is 0 Å². The second-order valence-electron chi connectivity index (χ2n) is 3.85. The van der Waals surface area contributed by atoms with E-state index in [0.717, 1.165) is 10.4 Å². The van der Waals surface area contributed by atoms with Gasteiger partial charge in [0, 0.05) is 20.7 Å². The number of hydrogen-bond acceptors (Lipinski definition) is 5. The number of halogens is 1. The summed E-state index contributed by atoms with van der Waals surface area (Å²) < 4.78 is 48.6. The molecule has 0 aliphatic rings. The molecule has 1 aromatic carbocycles. The number of nitrogen functional groups attached to an aromatic ring is 1. The largest absolute Gasteiger partial charge is 0.492 e. The van der Waals surface area contributed by atoms with Crippen molar-refractivity contribution in [3.63, 3.8) is 0 Å². The van der Waals surface area contributed by atoms with E-state index in [-0.39, 0.29) is 29.5 Å². The van der Waals surface area contributed by atoms with Gasteiger partial charge in [-0.2, -0.15) is 4.31 Å². The van der Waals surface area contributed by atoms with Crippen molar-refractivity contribution < 1.29 is 22.3 Å². The Bertz CT molecular complexity index is 525. The molecule has 19 heavy (non-hydrogen) atoms. The minimum atomic E-state index is -3.80. The molecule has 0 aromatic heterocycles. The fraction of sp³-hybridized carbons (Fsp3) is 0.455. The highest BCUT2D eigenvalue weighted by atomic mass is 32.2. The number of anilines is 1. The van der Waals surface area contributed by atoms with Crippen LogP contribution in [0.2, 0.25) is 0 Å². The normalized spacial score (nSPS) is 11.8. The van der Waals surface area contributed by atoms with Crippen LogP contribution in [0.5, 0.6) is 5.75 Å². The maximum Gasteiger partial charge on any atom is 0.243 e. The van der Waals surface area contributed by atoms with Crippen molar-refractivity contribution in [2.45, 2.75) is 4.90 Å². The molecule has 0 amide bonds. The van der Waals surface area contributed by atoms with Crippen molar-refractivity contribution in [3.8, 4) is 5.75 Å². The summed E-state index contributed by atoms with van der Waals surface area (Å²) in [5, 5.41) is 0. The lowest BCUT2D eigenvalue weighted by atomic mass is 10.3. The van der Waals surface area contributed by atoms with E-state index in [1.54, 1.807) is 0 Å². The summed E-state index contributed by atoms with van der Waals surface area (Å²) in [7, 11) is 0.300. The number of ether oxygens (including phenoxy) is 2. The fourth-order valence-electron chi connectivity index (χ4n) is 1.47. The van der Waals surface area contributed by atoms with Crippen LogP contribution in [0.1, 0.15) is 0 Å². The molecular weight excluding hydrogens is 275 g/mol. The highest BCUT2D eigenvalue weighted by Crippen LogP contribution is 2.29. The Morgan fingerprint density at radius 1 is 1.37 bits per heavy atom. The zero-order chi connectivity index (χ0) is 14.6. The molecule has 0 aliphatic heterocycles. The maximum absolute atomic E-state index is 13.6. The van der Waals surface area contributed by atoms with E-state index >= 15 is 0 Å². The summed E-state index contributed by atoms with van der Waals surface area (Å²) in [6.45, 7) is 0.399. The molecule has 108 valence electrons. The lowest BCUT2D eigenvalue weighted by Gasteiger charge is -2.17. The SMILES string of the molecule is COCCN(C)S(=O)(=O)c1cc(N)c(OC)c(F)c1. The van der Waals surface area contributed by atoms with Crippen LogP contribution in [0, 0.1) is 5.82 Å². The lowest BCUT2D eigenvalue weighted by molar-refractivity contribution is 0.185. The average Bonchev–Trinajstić information content (AvgIpc) is 2.35. The molecule has 0 fully saturated rings. The molecule has 0 spiro atoms. The topological polar surface area (TPSA) is 81.9 Å². The van der Waals surface area contributed by atoms with E-state index in [4.69, 9.17) is 15.2 Å². The minimum Gasteiger partial charge on any atom is -0.492 e. The van der Waals surface area contributed by atoms with Crippen LogP contribution in [0.15, 0.2) is 17.0 Å². The van der Waals surface area contributed by atoms with Crippen LogP contribution >= 0.6 is 0 Å². The van der Waals surface area contributed by atoms with Crippen molar-refractivity contribution in [2.75, 3.05) is 40.2 Å². The van der Waals surface area contributed by atoms with Gasteiger partial charge in [0.25, 0.3) is 0 Å². The Hall–Kier alpha value is -1.38. The second-order valence-corrected chi connectivity index (χ2v) is 5.89. The van der Waals surface area contributed by atoms with Crippen LogP contribution in [-0.4, -0.2) is 47.1 Å². The number of sulfonamides is 1.